The summed E-state index contributed by atoms with van der Waals surface area (Å²) in [6.07, 6.45) is 1.57. The number of aliphatic imine (C=N–C) groups is 1. The molecule has 1 amide bonds. The molecule has 6 nitrogen and oxygen atoms in total. The number of methoxy groups -OCH3 is 1. The van der Waals surface area contributed by atoms with Gasteiger partial charge in [-0.2, -0.15) is 0 Å². The van der Waals surface area contributed by atoms with Gasteiger partial charge in [-0.1, -0.05) is 27.5 Å². The number of amidine groups is 1. The first-order chi connectivity index (χ1) is 13.3. The Morgan fingerprint density at radius 3 is 2.64 bits per heavy atom. The monoisotopic (exact) mass is 480 g/mol. The molecule has 0 aliphatic carbocycles. The molecule has 9 heteroatoms. The Bertz CT molecular complexity index is 1020. The first-order valence-electron chi connectivity index (χ1n) is 7.93. The summed E-state index contributed by atoms with van der Waals surface area (Å²) in [6, 6.07) is 9.78. The number of phenolic OH excluding ortho intramolecular Hbond substituents is 1. The highest BCUT2D eigenvalue weighted by Crippen LogP contribution is 2.37. The lowest BCUT2D eigenvalue weighted by molar-refractivity contribution is -0.121. The summed E-state index contributed by atoms with van der Waals surface area (Å²) in [5.41, 5.74) is 1.43. The van der Waals surface area contributed by atoms with E-state index in [2.05, 4.69) is 25.7 Å². The number of nitrogens with zero attached hydrogens (tertiary/aromatic N) is 2. The predicted molar refractivity (Wildman–Crippen MR) is 114 cm³/mol. The molecule has 1 fully saturated rings. The topological polar surface area (TPSA) is 79.2 Å². The number of phenols is 1. The highest BCUT2D eigenvalue weighted by atomic mass is 79.9. The highest BCUT2D eigenvalue weighted by Gasteiger charge is 2.30. The lowest BCUT2D eigenvalue weighted by atomic mass is 10.2. The standard InChI is InChI=1S/C19H14BrClN2O4S/c1-23-17(25)15(8-11-7-12(20)9-14(21)16(11)24)28-19(23)22-13-5-3-10(4-6-13)18(26)27-2/h3-9,24H,1-2H3. The van der Waals surface area contributed by atoms with E-state index in [1.165, 1.54) is 23.8 Å². The molecule has 1 N–H and O–H groups in total. The first kappa shape index (κ1) is 20.4. The smallest absolute Gasteiger partial charge is 0.337 e. The van der Waals surface area contributed by atoms with E-state index in [1.807, 2.05) is 0 Å². The van der Waals surface area contributed by atoms with Crippen LogP contribution >= 0.6 is 39.3 Å². The van der Waals surface area contributed by atoms with Crippen molar-refractivity contribution >= 4 is 68.1 Å². The van der Waals surface area contributed by atoms with Crippen LogP contribution in [0, 0.1) is 0 Å². The van der Waals surface area contributed by atoms with Crippen molar-refractivity contribution < 1.29 is 19.4 Å². The summed E-state index contributed by atoms with van der Waals surface area (Å²) >= 11 is 10.5. The van der Waals surface area contributed by atoms with Crippen molar-refractivity contribution in [2.24, 2.45) is 4.99 Å². The number of ether oxygens (including phenoxy) is 1. The van der Waals surface area contributed by atoms with E-state index >= 15 is 0 Å². The van der Waals surface area contributed by atoms with Gasteiger partial charge in [0.25, 0.3) is 5.91 Å². The maximum Gasteiger partial charge on any atom is 0.337 e. The number of rotatable bonds is 3. The molecule has 2 aromatic carbocycles. The average Bonchev–Trinajstić information content (AvgIpc) is 2.93. The van der Waals surface area contributed by atoms with E-state index in [-0.39, 0.29) is 16.7 Å². The first-order valence-corrected chi connectivity index (χ1v) is 9.91. The average molecular weight is 482 g/mol. The Kier molecular flexibility index (Phi) is 6.12. The maximum absolute atomic E-state index is 12.5. The van der Waals surface area contributed by atoms with Crippen LogP contribution < -0.4 is 0 Å². The number of likely N-dealkylation sites (N-methyl/N-ethyl adjacent to an activating group) is 1. The van der Waals surface area contributed by atoms with Crippen molar-refractivity contribution in [1.29, 1.82) is 0 Å². The lowest BCUT2D eigenvalue weighted by Gasteiger charge is -2.07. The molecule has 0 aromatic heterocycles. The van der Waals surface area contributed by atoms with Crippen LogP contribution in [0.15, 0.2) is 50.8 Å². The molecule has 0 saturated carbocycles. The number of hydrogen-bond acceptors (Lipinski definition) is 6. The van der Waals surface area contributed by atoms with Gasteiger partial charge in [-0.3, -0.25) is 9.69 Å². The number of hydrogen-bond donors (Lipinski definition) is 1. The van der Waals surface area contributed by atoms with Crippen LogP contribution in [0.2, 0.25) is 5.02 Å². The van der Waals surface area contributed by atoms with E-state index in [0.29, 0.717) is 31.4 Å². The largest absolute Gasteiger partial charge is 0.506 e. The fourth-order valence-corrected chi connectivity index (χ4v) is 4.20. The van der Waals surface area contributed by atoms with E-state index in [0.717, 1.165) is 0 Å². The van der Waals surface area contributed by atoms with Crippen molar-refractivity contribution in [2.75, 3.05) is 14.2 Å². The summed E-state index contributed by atoms with van der Waals surface area (Å²) in [6.45, 7) is 0. The highest BCUT2D eigenvalue weighted by molar-refractivity contribution is 9.10. The molecule has 0 atom stereocenters. The summed E-state index contributed by atoms with van der Waals surface area (Å²) in [5, 5.41) is 10.8. The van der Waals surface area contributed by atoms with E-state index < -0.39 is 5.97 Å². The summed E-state index contributed by atoms with van der Waals surface area (Å²) in [4.78, 5) is 30.3. The van der Waals surface area contributed by atoms with Gasteiger partial charge in [-0.25, -0.2) is 9.79 Å². The molecule has 1 saturated heterocycles. The zero-order valence-electron chi connectivity index (χ0n) is 14.8. The molecule has 0 unspecified atom stereocenters. The van der Waals surface area contributed by atoms with Gasteiger partial charge in [-0.15, -0.1) is 0 Å². The van der Waals surface area contributed by atoms with Crippen LogP contribution in [-0.2, 0) is 9.53 Å². The molecule has 0 radical (unpaired) electrons. The normalized spacial score (nSPS) is 16.9. The van der Waals surface area contributed by atoms with Gasteiger partial charge in [0.2, 0.25) is 0 Å². The van der Waals surface area contributed by atoms with E-state index in [4.69, 9.17) is 11.6 Å². The quantitative estimate of drug-likeness (QED) is 0.502. The minimum absolute atomic E-state index is 0.0998. The predicted octanol–water partition coefficient (Wildman–Crippen LogP) is 4.83. The molecule has 3 rings (SSSR count). The second kappa shape index (κ2) is 8.38. The maximum atomic E-state index is 12.5. The summed E-state index contributed by atoms with van der Waals surface area (Å²) in [7, 11) is 2.93. The third-order valence-corrected chi connectivity index (χ3v) is 5.67. The number of esters is 1. The zero-order chi connectivity index (χ0) is 20.4. The molecule has 28 heavy (non-hydrogen) atoms. The van der Waals surface area contributed by atoms with Crippen LogP contribution in [0.4, 0.5) is 5.69 Å². The number of thioether (sulfide) groups is 1. The summed E-state index contributed by atoms with van der Waals surface area (Å²) in [5.74, 6) is -0.776. The van der Waals surface area contributed by atoms with Gasteiger partial charge in [0.05, 0.1) is 28.3 Å². The van der Waals surface area contributed by atoms with Crippen LogP contribution in [-0.4, -0.2) is 41.2 Å². The van der Waals surface area contributed by atoms with Crippen LogP contribution in [0.3, 0.4) is 0 Å². The Morgan fingerprint density at radius 2 is 2.00 bits per heavy atom. The Morgan fingerprint density at radius 1 is 1.32 bits per heavy atom. The minimum Gasteiger partial charge on any atom is -0.506 e. The number of carbonyl (C=O) groups is 2. The van der Waals surface area contributed by atoms with Crippen molar-refractivity contribution in [3.63, 3.8) is 0 Å². The summed E-state index contributed by atoms with van der Waals surface area (Å²) < 4.78 is 5.35. The molecule has 1 aliphatic heterocycles. The molecular weight excluding hydrogens is 468 g/mol. The number of halogens is 2. The SMILES string of the molecule is COC(=O)c1ccc(N=C2SC(=Cc3cc(Br)cc(Cl)c3O)C(=O)N2C)cc1. The van der Waals surface area contributed by atoms with Crippen molar-refractivity contribution in [3.05, 3.63) is 61.9 Å². The lowest BCUT2D eigenvalue weighted by Crippen LogP contribution is -2.23. The molecule has 1 aliphatic rings. The van der Waals surface area contributed by atoms with Gasteiger partial charge in [0, 0.05) is 17.1 Å². The Balaban J connectivity index is 1.89. The third-order valence-electron chi connectivity index (χ3n) is 3.86. The molecular formula is C19H14BrClN2O4S. The van der Waals surface area contributed by atoms with Gasteiger partial charge in [0.1, 0.15) is 5.75 Å². The fourth-order valence-electron chi connectivity index (χ4n) is 2.39. The van der Waals surface area contributed by atoms with Gasteiger partial charge in [-0.05, 0) is 54.2 Å². The minimum atomic E-state index is -0.431. The number of amides is 1. The van der Waals surface area contributed by atoms with Crippen molar-refractivity contribution in [3.8, 4) is 5.75 Å². The number of carbonyl (C=O) groups excluding carboxylic acids is 2. The molecule has 2 aromatic rings. The third kappa shape index (κ3) is 4.24. The van der Waals surface area contributed by atoms with Crippen molar-refractivity contribution in [1.82, 2.24) is 4.90 Å². The second-order valence-corrected chi connectivity index (χ2v) is 8.07. The molecule has 0 bridgehead atoms. The number of aromatic hydroxyl groups is 1. The molecule has 144 valence electrons. The van der Waals surface area contributed by atoms with E-state index in [9.17, 15) is 14.7 Å². The fraction of sp³-hybridized carbons (Fsp3) is 0.105. The van der Waals surface area contributed by atoms with E-state index in [1.54, 1.807) is 49.5 Å². The van der Waals surface area contributed by atoms with Gasteiger partial charge < -0.3 is 9.84 Å². The molecule has 1 heterocycles. The number of benzene rings is 2. The van der Waals surface area contributed by atoms with Gasteiger partial charge in [0.15, 0.2) is 5.17 Å². The zero-order valence-corrected chi connectivity index (χ0v) is 17.9. The second-order valence-electron chi connectivity index (χ2n) is 5.73. The van der Waals surface area contributed by atoms with Crippen LogP contribution in [0.1, 0.15) is 15.9 Å². The van der Waals surface area contributed by atoms with Gasteiger partial charge >= 0.3 is 5.97 Å². The Labute approximate surface area is 179 Å². The Hall–Kier alpha value is -2.29. The molecule has 0 spiro atoms. The van der Waals surface area contributed by atoms with Crippen LogP contribution in [0.5, 0.6) is 5.75 Å². The van der Waals surface area contributed by atoms with Crippen molar-refractivity contribution in [2.45, 2.75) is 0 Å². The van der Waals surface area contributed by atoms with Crippen LogP contribution in [0.25, 0.3) is 6.08 Å².